The topological polar surface area (TPSA) is 0 Å². The minimum absolute atomic E-state index is 0.898. The lowest BCUT2D eigenvalue weighted by Crippen LogP contribution is -1.55. The second-order valence-corrected chi connectivity index (χ2v) is 1.03. The summed E-state index contributed by atoms with van der Waals surface area (Å²) in [7, 11) is 2.00. The molecule has 0 aliphatic rings. The molecule has 0 heterocycles. The minimum Gasteiger partial charge on any atom is -0.0980 e. The van der Waals surface area contributed by atoms with Crippen molar-refractivity contribution in [2.75, 3.05) is 0 Å². The van der Waals surface area contributed by atoms with E-state index >= 15 is 0 Å². The Morgan fingerprint density at radius 3 is 2.57 bits per heavy atom. The van der Waals surface area contributed by atoms with Gasteiger partial charge in [0.05, 0.1) is 0 Å². The van der Waals surface area contributed by atoms with Crippen molar-refractivity contribution in [3.05, 3.63) is 0 Å². The highest BCUT2D eigenvalue weighted by Crippen LogP contribution is 1.59. The van der Waals surface area contributed by atoms with Crippen LogP contribution < -0.4 is 0 Å². The fourth-order valence-corrected chi connectivity index (χ4v) is 0.195. The van der Waals surface area contributed by atoms with Gasteiger partial charge in [-0.3, -0.25) is 0 Å². The van der Waals surface area contributed by atoms with E-state index in [1.807, 2.05) is 7.85 Å². The molecule has 0 nitrogen and oxygen atoms in total. The molecule has 0 aliphatic heterocycles. The first-order valence-corrected chi connectivity index (χ1v) is 2.31. The molecule has 7 heavy (non-hydrogen) atoms. The van der Waals surface area contributed by atoms with E-state index in [1.165, 1.54) is 0 Å². The summed E-state index contributed by atoms with van der Waals surface area (Å²) in [4.78, 5) is 0. The Balaban J connectivity index is 3.39. The number of rotatable bonds is 0. The molecule has 0 N–H and O–H groups in total. The predicted molar refractivity (Wildman–Crippen MR) is 34.6 cm³/mol. The van der Waals surface area contributed by atoms with E-state index in [9.17, 15) is 0 Å². The largest absolute Gasteiger partial charge is 0.116 e. The van der Waals surface area contributed by atoms with E-state index in [0.29, 0.717) is 0 Å². The van der Waals surface area contributed by atoms with Crippen LogP contribution in [0.1, 0.15) is 6.92 Å². The zero-order valence-electron chi connectivity index (χ0n) is 4.71. The Labute approximate surface area is 45.7 Å². The Bertz CT molecular complexity index is 137. The number of hydrogen-bond acceptors (Lipinski definition) is 0. The van der Waals surface area contributed by atoms with Crippen molar-refractivity contribution in [3.63, 3.8) is 0 Å². The van der Waals surface area contributed by atoms with Gasteiger partial charge < -0.3 is 0 Å². The molecular weight excluding hydrogens is 82.9 g/mol. The van der Waals surface area contributed by atoms with Gasteiger partial charge in [-0.25, -0.2) is 0 Å². The van der Waals surface area contributed by atoms with Gasteiger partial charge in [0.15, 0.2) is 0 Å². The SMILES string of the molecule is BCC#CC#CC. The van der Waals surface area contributed by atoms with Gasteiger partial charge in [-0.05, 0) is 25.1 Å². The lowest BCUT2D eigenvalue weighted by molar-refractivity contribution is 1.87. The van der Waals surface area contributed by atoms with E-state index in [-0.39, 0.29) is 0 Å². The Kier molecular flexibility index (Phi) is 4.58. The first-order valence-electron chi connectivity index (χ1n) is 2.31. The standard InChI is InChI=1S/C6H7B/c1-2-3-4-5-6-7/h6-7H2,1H3. The third kappa shape index (κ3) is 5.18. The fourth-order valence-electron chi connectivity index (χ4n) is 0.195. The van der Waals surface area contributed by atoms with Crippen LogP contribution in [0.3, 0.4) is 0 Å². The van der Waals surface area contributed by atoms with Crippen molar-refractivity contribution in [2.24, 2.45) is 0 Å². The van der Waals surface area contributed by atoms with Gasteiger partial charge in [0.25, 0.3) is 0 Å². The summed E-state index contributed by atoms with van der Waals surface area (Å²) in [6, 6.07) is 0. The number of hydrogen-bond donors (Lipinski definition) is 0. The van der Waals surface area contributed by atoms with Crippen LogP contribution in [-0.2, 0) is 0 Å². The monoisotopic (exact) mass is 90.1 g/mol. The van der Waals surface area contributed by atoms with Crippen LogP contribution >= 0.6 is 0 Å². The van der Waals surface area contributed by atoms with Crippen molar-refractivity contribution in [3.8, 4) is 23.7 Å². The molecular formula is C6H7B. The molecule has 0 aliphatic carbocycles. The molecule has 0 rings (SSSR count). The maximum atomic E-state index is 2.83. The molecule has 0 bridgehead atoms. The summed E-state index contributed by atoms with van der Waals surface area (Å²) in [6.45, 7) is 1.78. The first kappa shape index (κ1) is 6.18. The van der Waals surface area contributed by atoms with Gasteiger partial charge in [0.2, 0.25) is 0 Å². The average molecular weight is 89.9 g/mol. The van der Waals surface area contributed by atoms with Crippen LogP contribution in [0, 0.1) is 23.7 Å². The zero-order chi connectivity index (χ0) is 5.54. The Morgan fingerprint density at radius 1 is 1.43 bits per heavy atom. The molecule has 0 atom stereocenters. The molecule has 0 spiro atoms. The van der Waals surface area contributed by atoms with Crippen molar-refractivity contribution in [1.29, 1.82) is 0 Å². The van der Waals surface area contributed by atoms with Crippen LogP contribution in [0.15, 0.2) is 0 Å². The second kappa shape index (κ2) is 5.18. The highest BCUT2D eigenvalue weighted by Gasteiger charge is 1.54. The summed E-state index contributed by atoms with van der Waals surface area (Å²) in [5.41, 5.74) is 0. The molecule has 0 radical (unpaired) electrons. The molecule has 1 heteroatoms. The summed E-state index contributed by atoms with van der Waals surface area (Å²) in [5.74, 6) is 10.8. The predicted octanol–water partition coefficient (Wildman–Crippen LogP) is 0.0645. The van der Waals surface area contributed by atoms with Crippen molar-refractivity contribution >= 4 is 7.85 Å². The van der Waals surface area contributed by atoms with Gasteiger partial charge in [0, 0.05) is 0 Å². The summed E-state index contributed by atoms with van der Waals surface area (Å²) < 4.78 is 0. The molecule has 0 aromatic rings. The highest BCUT2D eigenvalue weighted by molar-refractivity contribution is 6.10. The van der Waals surface area contributed by atoms with Crippen LogP contribution in [0.4, 0.5) is 0 Å². The van der Waals surface area contributed by atoms with Crippen LogP contribution in [0.25, 0.3) is 0 Å². The van der Waals surface area contributed by atoms with E-state index in [4.69, 9.17) is 0 Å². The summed E-state index contributed by atoms with van der Waals surface area (Å²) in [5, 5.41) is 0. The Morgan fingerprint density at radius 2 is 2.14 bits per heavy atom. The second-order valence-electron chi connectivity index (χ2n) is 1.03. The fraction of sp³-hybridized carbons (Fsp3) is 0.333. The highest BCUT2D eigenvalue weighted by atomic mass is 13.5. The van der Waals surface area contributed by atoms with E-state index in [1.54, 1.807) is 6.92 Å². The van der Waals surface area contributed by atoms with E-state index in [0.717, 1.165) is 6.32 Å². The maximum absolute atomic E-state index is 2.83. The molecule has 0 unspecified atom stereocenters. The molecule has 0 fully saturated rings. The average Bonchev–Trinajstić information content (AvgIpc) is 1.69. The molecule has 0 saturated carbocycles. The van der Waals surface area contributed by atoms with Gasteiger partial charge in [-0.1, -0.05) is 11.8 Å². The summed E-state index contributed by atoms with van der Waals surface area (Å²) in [6.07, 6.45) is 0.898. The third-order valence-corrected chi connectivity index (χ3v) is 0.453. The van der Waals surface area contributed by atoms with Gasteiger partial charge in [-0.15, -0.1) is 0 Å². The van der Waals surface area contributed by atoms with Crippen LogP contribution in [-0.4, -0.2) is 7.85 Å². The lowest BCUT2D eigenvalue weighted by atomic mass is 10.1. The normalized spacial score (nSPS) is 4.71. The van der Waals surface area contributed by atoms with Crippen molar-refractivity contribution < 1.29 is 0 Å². The quantitative estimate of drug-likeness (QED) is 0.291. The molecule has 0 saturated heterocycles. The molecule has 34 valence electrons. The molecule has 0 aromatic heterocycles. The molecule has 0 aromatic carbocycles. The van der Waals surface area contributed by atoms with Crippen molar-refractivity contribution in [2.45, 2.75) is 13.2 Å². The van der Waals surface area contributed by atoms with E-state index < -0.39 is 0 Å². The third-order valence-electron chi connectivity index (χ3n) is 0.453. The Hall–Kier alpha value is -0.815. The lowest BCUT2D eigenvalue weighted by Gasteiger charge is -1.58. The van der Waals surface area contributed by atoms with Crippen LogP contribution in [0.5, 0.6) is 0 Å². The molecule has 0 amide bonds. The van der Waals surface area contributed by atoms with Crippen molar-refractivity contribution in [1.82, 2.24) is 0 Å². The zero-order valence-corrected chi connectivity index (χ0v) is 4.71. The van der Waals surface area contributed by atoms with Gasteiger partial charge >= 0.3 is 0 Å². The minimum atomic E-state index is 0.898. The summed E-state index contributed by atoms with van der Waals surface area (Å²) >= 11 is 0. The van der Waals surface area contributed by atoms with E-state index in [2.05, 4.69) is 23.7 Å². The maximum Gasteiger partial charge on any atom is 0.116 e. The van der Waals surface area contributed by atoms with Crippen LogP contribution in [0.2, 0.25) is 6.32 Å². The van der Waals surface area contributed by atoms with Gasteiger partial charge in [0.1, 0.15) is 7.85 Å². The van der Waals surface area contributed by atoms with Gasteiger partial charge in [-0.2, -0.15) is 0 Å². The first-order chi connectivity index (χ1) is 3.41. The smallest absolute Gasteiger partial charge is 0.0980 e.